The Morgan fingerprint density at radius 2 is 1.88 bits per heavy atom. The summed E-state index contributed by atoms with van der Waals surface area (Å²) < 4.78 is 16.1. The summed E-state index contributed by atoms with van der Waals surface area (Å²) in [6, 6.07) is 15.8. The monoisotopic (exact) mass is 353 g/mol. The van der Waals surface area contributed by atoms with E-state index in [1.165, 1.54) is 0 Å². The van der Waals surface area contributed by atoms with E-state index >= 15 is 0 Å². The quantitative estimate of drug-likeness (QED) is 0.668. The highest BCUT2D eigenvalue weighted by Crippen LogP contribution is 2.25. The Morgan fingerprint density at radius 3 is 2.62 bits per heavy atom. The van der Waals surface area contributed by atoms with E-state index < -0.39 is 0 Å². The van der Waals surface area contributed by atoms with Crippen LogP contribution in [0.25, 0.3) is 0 Å². The van der Waals surface area contributed by atoms with E-state index in [0.717, 1.165) is 22.6 Å². The number of aromatic nitrogens is 2. The topological polar surface area (TPSA) is 69.4 Å². The molecule has 1 aromatic heterocycles. The molecule has 136 valence electrons. The van der Waals surface area contributed by atoms with E-state index in [0.29, 0.717) is 24.7 Å². The van der Waals surface area contributed by atoms with Gasteiger partial charge in [0.05, 0.1) is 20.3 Å². The molecular formula is C20H23N3O3. The molecule has 2 aromatic carbocycles. The summed E-state index contributed by atoms with van der Waals surface area (Å²) in [6.45, 7) is 2.61. The van der Waals surface area contributed by atoms with Gasteiger partial charge in [-0.15, -0.1) is 0 Å². The third kappa shape index (κ3) is 4.40. The van der Waals surface area contributed by atoms with Crippen LogP contribution in [0.2, 0.25) is 0 Å². The molecule has 1 heterocycles. The van der Waals surface area contributed by atoms with Crippen LogP contribution >= 0.6 is 0 Å². The molecule has 0 saturated heterocycles. The SMILES string of the molecule is COc1ccc(CNC(C)c2nc(Cc3ccccc3)no2)c(OC)c1. The molecule has 0 aliphatic heterocycles. The molecule has 3 rings (SSSR count). The molecule has 0 spiro atoms. The van der Waals surface area contributed by atoms with Gasteiger partial charge in [0.1, 0.15) is 11.5 Å². The first-order chi connectivity index (χ1) is 12.7. The molecule has 0 radical (unpaired) electrons. The molecule has 0 amide bonds. The van der Waals surface area contributed by atoms with Crippen molar-refractivity contribution in [1.82, 2.24) is 15.5 Å². The highest BCUT2D eigenvalue weighted by atomic mass is 16.5. The molecule has 6 heteroatoms. The molecule has 0 aliphatic rings. The largest absolute Gasteiger partial charge is 0.497 e. The summed E-state index contributed by atoms with van der Waals surface area (Å²) in [6.07, 6.45) is 0.656. The fourth-order valence-corrected chi connectivity index (χ4v) is 2.64. The van der Waals surface area contributed by atoms with Crippen molar-refractivity contribution in [2.24, 2.45) is 0 Å². The normalized spacial score (nSPS) is 12.0. The van der Waals surface area contributed by atoms with Crippen molar-refractivity contribution < 1.29 is 14.0 Å². The van der Waals surface area contributed by atoms with E-state index in [1.54, 1.807) is 14.2 Å². The second-order valence-electron chi connectivity index (χ2n) is 5.99. The van der Waals surface area contributed by atoms with Gasteiger partial charge in [-0.1, -0.05) is 41.6 Å². The number of methoxy groups -OCH3 is 2. The van der Waals surface area contributed by atoms with Gasteiger partial charge in [0.2, 0.25) is 5.89 Å². The third-order valence-electron chi connectivity index (χ3n) is 4.15. The van der Waals surface area contributed by atoms with Crippen LogP contribution in [-0.2, 0) is 13.0 Å². The van der Waals surface area contributed by atoms with Crippen molar-refractivity contribution in [3.05, 3.63) is 71.4 Å². The standard InChI is InChI=1S/C20H23N3O3/c1-14(21-13-16-9-10-17(24-2)12-18(16)25-3)20-22-19(23-26-20)11-15-7-5-4-6-8-15/h4-10,12,14,21H,11,13H2,1-3H3. The third-order valence-corrected chi connectivity index (χ3v) is 4.15. The smallest absolute Gasteiger partial charge is 0.243 e. The van der Waals surface area contributed by atoms with Crippen LogP contribution in [0.15, 0.2) is 53.1 Å². The Labute approximate surface area is 153 Å². The predicted octanol–water partition coefficient (Wildman–Crippen LogP) is 3.53. The first kappa shape index (κ1) is 17.9. The van der Waals surface area contributed by atoms with Crippen LogP contribution in [-0.4, -0.2) is 24.4 Å². The molecule has 6 nitrogen and oxygen atoms in total. The minimum absolute atomic E-state index is 0.0705. The van der Waals surface area contributed by atoms with Crippen LogP contribution < -0.4 is 14.8 Å². The summed E-state index contributed by atoms with van der Waals surface area (Å²) in [5, 5.41) is 7.46. The second kappa shape index (κ2) is 8.49. The Hall–Kier alpha value is -2.86. The number of benzene rings is 2. The van der Waals surface area contributed by atoms with Crippen molar-refractivity contribution in [2.45, 2.75) is 25.9 Å². The number of hydrogen-bond acceptors (Lipinski definition) is 6. The number of nitrogens with one attached hydrogen (secondary N) is 1. The lowest BCUT2D eigenvalue weighted by atomic mass is 10.1. The molecule has 26 heavy (non-hydrogen) atoms. The maximum atomic E-state index is 5.42. The van der Waals surface area contributed by atoms with Gasteiger partial charge in [-0.25, -0.2) is 0 Å². The lowest BCUT2D eigenvalue weighted by molar-refractivity contribution is 0.334. The molecule has 1 N–H and O–H groups in total. The van der Waals surface area contributed by atoms with Crippen LogP contribution in [0.4, 0.5) is 0 Å². The van der Waals surface area contributed by atoms with Crippen LogP contribution in [0.5, 0.6) is 11.5 Å². The average molecular weight is 353 g/mol. The van der Waals surface area contributed by atoms with Gasteiger partial charge in [-0.2, -0.15) is 4.98 Å². The Morgan fingerprint density at radius 1 is 1.08 bits per heavy atom. The molecule has 3 aromatic rings. The van der Waals surface area contributed by atoms with Crippen molar-refractivity contribution in [1.29, 1.82) is 0 Å². The van der Waals surface area contributed by atoms with E-state index in [4.69, 9.17) is 14.0 Å². The minimum Gasteiger partial charge on any atom is -0.497 e. The van der Waals surface area contributed by atoms with Gasteiger partial charge in [0.25, 0.3) is 0 Å². The summed E-state index contributed by atoms with van der Waals surface area (Å²) in [5.41, 5.74) is 2.19. The Bertz CT molecular complexity index is 833. The maximum absolute atomic E-state index is 5.42. The molecule has 0 saturated carbocycles. The average Bonchev–Trinajstić information content (AvgIpc) is 3.15. The molecule has 0 fully saturated rings. The Balaban J connectivity index is 1.61. The van der Waals surface area contributed by atoms with E-state index in [-0.39, 0.29) is 6.04 Å². The Kier molecular flexibility index (Phi) is 5.86. The fraction of sp³-hybridized carbons (Fsp3) is 0.300. The van der Waals surface area contributed by atoms with Gasteiger partial charge in [0, 0.05) is 24.6 Å². The number of hydrogen-bond donors (Lipinski definition) is 1. The van der Waals surface area contributed by atoms with Crippen molar-refractivity contribution in [2.75, 3.05) is 14.2 Å². The summed E-state index contributed by atoms with van der Waals surface area (Å²) >= 11 is 0. The molecule has 0 bridgehead atoms. The van der Waals surface area contributed by atoms with E-state index in [1.807, 2.05) is 55.5 Å². The highest BCUT2D eigenvalue weighted by molar-refractivity contribution is 5.40. The fourth-order valence-electron chi connectivity index (χ4n) is 2.64. The van der Waals surface area contributed by atoms with Gasteiger partial charge in [0.15, 0.2) is 5.82 Å². The lowest BCUT2D eigenvalue weighted by Crippen LogP contribution is -2.19. The molecule has 0 aliphatic carbocycles. The number of rotatable bonds is 8. The van der Waals surface area contributed by atoms with Crippen molar-refractivity contribution in [3.8, 4) is 11.5 Å². The maximum Gasteiger partial charge on any atom is 0.243 e. The van der Waals surface area contributed by atoms with Gasteiger partial charge >= 0.3 is 0 Å². The van der Waals surface area contributed by atoms with E-state index in [2.05, 4.69) is 15.5 Å². The van der Waals surface area contributed by atoms with Crippen LogP contribution in [0.3, 0.4) is 0 Å². The molecular weight excluding hydrogens is 330 g/mol. The second-order valence-corrected chi connectivity index (χ2v) is 5.99. The zero-order chi connectivity index (χ0) is 18.4. The summed E-state index contributed by atoms with van der Waals surface area (Å²) in [7, 11) is 3.28. The zero-order valence-electron chi connectivity index (χ0n) is 15.2. The van der Waals surface area contributed by atoms with Crippen molar-refractivity contribution in [3.63, 3.8) is 0 Å². The van der Waals surface area contributed by atoms with Gasteiger partial charge < -0.3 is 19.3 Å². The molecule has 1 unspecified atom stereocenters. The molecule has 1 atom stereocenters. The number of nitrogens with zero attached hydrogens (tertiary/aromatic N) is 2. The highest BCUT2D eigenvalue weighted by Gasteiger charge is 2.15. The van der Waals surface area contributed by atoms with Gasteiger partial charge in [-0.05, 0) is 18.6 Å². The minimum atomic E-state index is -0.0705. The summed E-state index contributed by atoms with van der Waals surface area (Å²) in [4.78, 5) is 4.50. The lowest BCUT2D eigenvalue weighted by Gasteiger charge is -2.13. The van der Waals surface area contributed by atoms with Crippen molar-refractivity contribution >= 4 is 0 Å². The predicted molar refractivity (Wildman–Crippen MR) is 98.3 cm³/mol. The van der Waals surface area contributed by atoms with E-state index in [9.17, 15) is 0 Å². The zero-order valence-corrected chi connectivity index (χ0v) is 15.2. The van der Waals surface area contributed by atoms with Gasteiger partial charge in [-0.3, -0.25) is 0 Å². The first-order valence-corrected chi connectivity index (χ1v) is 8.50. The van der Waals surface area contributed by atoms with Crippen LogP contribution in [0.1, 0.15) is 35.8 Å². The van der Waals surface area contributed by atoms with Crippen LogP contribution in [0, 0.1) is 0 Å². The summed E-state index contributed by atoms with van der Waals surface area (Å²) in [5.74, 6) is 2.80. The first-order valence-electron chi connectivity index (χ1n) is 8.50. The number of ether oxygens (including phenoxy) is 2.